The molecular formula is C19H28N4O2S. The summed E-state index contributed by atoms with van der Waals surface area (Å²) in [6.07, 6.45) is 0. The summed E-state index contributed by atoms with van der Waals surface area (Å²) >= 11 is 1.65. The van der Waals surface area contributed by atoms with E-state index in [0.29, 0.717) is 32.9 Å². The van der Waals surface area contributed by atoms with Crippen molar-refractivity contribution in [2.75, 3.05) is 26.9 Å². The van der Waals surface area contributed by atoms with E-state index in [-0.39, 0.29) is 0 Å². The van der Waals surface area contributed by atoms with Gasteiger partial charge in [-0.3, -0.25) is 4.99 Å². The molecule has 2 N–H and O–H groups in total. The third kappa shape index (κ3) is 6.31. The van der Waals surface area contributed by atoms with E-state index < -0.39 is 0 Å². The Morgan fingerprint density at radius 1 is 1.19 bits per heavy atom. The van der Waals surface area contributed by atoms with Crippen LogP contribution in [0.4, 0.5) is 0 Å². The first-order valence-corrected chi connectivity index (χ1v) is 9.65. The van der Waals surface area contributed by atoms with Gasteiger partial charge in [0.05, 0.1) is 24.4 Å². The van der Waals surface area contributed by atoms with E-state index >= 15 is 0 Å². The molecule has 6 nitrogen and oxygen atoms in total. The monoisotopic (exact) mass is 376 g/mol. The molecule has 0 saturated heterocycles. The van der Waals surface area contributed by atoms with Crippen LogP contribution in [0.25, 0.3) is 0 Å². The van der Waals surface area contributed by atoms with Crippen LogP contribution in [0.1, 0.15) is 28.6 Å². The minimum absolute atomic E-state index is 0.544. The molecule has 0 atom stereocenters. The van der Waals surface area contributed by atoms with E-state index in [2.05, 4.69) is 45.7 Å². The van der Waals surface area contributed by atoms with Crippen molar-refractivity contribution in [2.45, 2.75) is 33.9 Å². The predicted molar refractivity (Wildman–Crippen MR) is 107 cm³/mol. The van der Waals surface area contributed by atoms with Gasteiger partial charge < -0.3 is 20.1 Å². The van der Waals surface area contributed by atoms with Crippen LogP contribution in [0, 0.1) is 13.8 Å². The Labute approximate surface area is 159 Å². The fourth-order valence-corrected chi connectivity index (χ4v) is 3.07. The second-order valence-corrected chi connectivity index (χ2v) is 6.74. The highest BCUT2D eigenvalue weighted by molar-refractivity contribution is 7.09. The van der Waals surface area contributed by atoms with Gasteiger partial charge in [-0.1, -0.05) is 12.1 Å². The maximum absolute atomic E-state index is 5.89. The Morgan fingerprint density at radius 3 is 2.69 bits per heavy atom. The maximum Gasteiger partial charge on any atom is 0.191 e. The molecule has 7 heteroatoms. The Morgan fingerprint density at radius 2 is 2.00 bits per heavy atom. The lowest BCUT2D eigenvalue weighted by Crippen LogP contribution is -2.36. The minimum atomic E-state index is 0.544. The van der Waals surface area contributed by atoms with Crippen molar-refractivity contribution in [3.8, 4) is 5.75 Å². The molecular weight excluding hydrogens is 348 g/mol. The second-order valence-electron chi connectivity index (χ2n) is 5.80. The van der Waals surface area contributed by atoms with Crippen LogP contribution in [0.2, 0.25) is 0 Å². The normalized spacial score (nSPS) is 11.5. The lowest BCUT2D eigenvalue weighted by atomic mass is 10.1. The maximum atomic E-state index is 5.89. The van der Waals surface area contributed by atoms with Gasteiger partial charge in [0.15, 0.2) is 5.96 Å². The molecule has 2 aromatic rings. The number of rotatable bonds is 9. The second kappa shape index (κ2) is 10.8. The zero-order valence-electron chi connectivity index (χ0n) is 16.0. The first-order valence-electron chi connectivity index (χ1n) is 8.77. The summed E-state index contributed by atoms with van der Waals surface area (Å²) < 4.78 is 11.2. The van der Waals surface area contributed by atoms with E-state index in [0.717, 1.165) is 23.0 Å². The number of thiazole rings is 1. The van der Waals surface area contributed by atoms with Gasteiger partial charge in [-0.15, -0.1) is 11.3 Å². The van der Waals surface area contributed by atoms with Gasteiger partial charge in [0, 0.05) is 30.6 Å². The van der Waals surface area contributed by atoms with E-state index in [4.69, 9.17) is 9.47 Å². The van der Waals surface area contributed by atoms with Gasteiger partial charge >= 0.3 is 0 Å². The summed E-state index contributed by atoms with van der Waals surface area (Å²) in [5.74, 6) is 1.63. The third-order valence-corrected chi connectivity index (χ3v) is 4.78. The van der Waals surface area contributed by atoms with E-state index in [1.807, 2.05) is 19.4 Å². The van der Waals surface area contributed by atoms with Crippen molar-refractivity contribution >= 4 is 17.3 Å². The number of hydrogen-bond donors (Lipinski definition) is 2. The first-order chi connectivity index (χ1) is 12.6. The fraction of sp³-hybridized carbons (Fsp3) is 0.474. The Balaban J connectivity index is 1.90. The topological polar surface area (TPSA) is 67.8 Å². The molecule has 0 radical (unpaired) electrons. The van der Waals surface area contributed by atoms with E-state index in [9.17, 15) is 0 Å². The van der Waals surface area contributed by atoms with Crippen molar-refractivity contribution in [1.29, 1.82) is 0 Å². The Bertz CT molecular complexity index is 715. The van der Waals surface area contributed by atoms with Crippen LogP contribution in [0.3, 0.4) is 0 Å². The van der Waals surface area contributed by atoms with Crippen molar-refractivity contribution < 1.29 is 9.47 Å². The summed E-state index contributed by atoms with van der Waals surface area (Å²) in [5, 5.41) is 6.66. The van der Waals surface area contributed by atoms with E-state index in [1.54, 1.807) is 18.4 Å². The Kier molecular flexibility index (Phi) is 8.37. The summed E-state index contributed by atoms with van der Waals surface area (Å²) in [7, 11) is 1.77. The number of nitrogens with one attached hydrogen (secondary N) is 2. The molecule has 26 heavy (non-hydrogen) atoms. The number of aliphatic imine (C=N–C) groups is 1. The largest absolute Gasteiger partial charge is 0.491 e. The number of ether oxygens (including phenoxy) is 2. The average molecular weight is 377 g/mol. The van der Waals surface area contributed by atoms with Gasteiger partial charge in [-0.25, -0.2) is 4.98 Å². The van der Waals surface area contributed by atoms with Gasteiger partial charge in [0.2, 0.25) is 0 Å². The molecule has 0 aliphatic heterocycles. The highest BCUT2D eigenvalue weighted by Gasteiger charge is 2.07. The first kappa shape index (κ1) is 20.2. The van der Waals surface area contributed by atoms with Crippen LogP contribution in [0.5, 0.6) is 5.75 Å². The molecule has 0 spiro atoms. The minimum Gasteiger partial charge on any atom is -0.491 e. The van der Waals surface area contributed by atoms with Crippen molar-refractivity contribution in [3.63, 3.8) is 0 Å². The predicted octanol–water partition coefficient (Wildman–Crippen LogP) is 3.04. The molecule has 0 saturated carbocycles. The number of aromatic nitrogens is 1. The van der Waals surface area contributed by atoms with Crippen LogP contribution in [-0.4, -0.2) is 37.8 Å². The molecule has 0 unspecified atom stereocenters. The molecule has 1 aromatic carbocycles. The number of nitrogens with zero attached hydrogens (tertiary/aromatic N) is 2. The molecule has 0 amide bonds. The number of guanidine groups is 1. The third-order valence-electron chi connectivity index (χ3n) is 3.84. The van der Waals surface area contributed by atoms with Crippen LogP contribution in [0.15, 0.2) is 28.7 Å². The van der Waals surface area contributed by atoms with Crippen molar-refractivity contribution in [1.82, 2.24) is 15.6 Å². The molecule has 1 aromatic heterocycles. The molecule has 0 fully saturated rings. The quantitative estimate of drug-likeness (QED) is 0.400. The van der Waals surface area contributed by atoms with Gasteiger partial charge in [0.25, 0.3) is 0 Å². The summed E-state index contributed by atoms with van der Waals surface area (Å²) in [5.41, 5.74) is 5.18. The number of hydrogen-bond acceptors (Lipinski definition) is 5. The van der Waals surface area contributed by atoms with Crippen molar-refractivity contribution in [2.24, 2.45) is 4.99 Å². The van der Waals surface area contributed by atoms with Gasteiger partial charge in [-0.2, -0.15) is 0 Å². The lowest BCUT2D eigenvalue weighted by molar-refractivity contribution is 0.110. The highest BCUT2D eigenvalue weighted by atomic mass is 32.1. The molecule has 2 rings (SSSR count). The Hall–Kier alpha value is -2.12. The van der Waals surface area contributed by atoms with Crippen LogP contribution in [-0.2, 0) is 17.8 Å². The zero-order valence-corrected chi connectivity index (χ0v) is 16.8. The van der Waals surface area contributed by atoms with Gasteiger partial charge in [0.1, 0.15) is 12.4 Å². The average Bonchev–Trinajstić information content (AvgIpc) is 3.05. The molecule has 142 valence electrons. The zero-order chi connectivity index (χ0) is 18.8. The SMILES string of the molecule is CCOCCOc1cc(C)ccc1CNC(=NC)NCc1scnc1C. The van der Waals surface area contributed by atoms with Crippen LogP contribution < -0.4 is 15.4 Å². The summed E-state index contributed by atoms with van der Waals surface area (Å²) in [6, 6.07) is 6.22. The molecule has 0 bridgehead atoms. The summed E-state index contributed by atoms with van der Waals surface area (Å²) in [6.45, 7) is 9.23. The van der Waals surface area contributed by atoms with Crippen molar-refractivity contribution in [3.05, 3.63) is 45.4 Å². The molecule has 0 aliphatic carbocycles. The highest BCUT2D eigenvalue weighted by Crippen LogP contribution is 2.20. The lowest BCUT2D eigenvalue weighted by Gasteiger charge is -2.15. The molecule has 1 heterocycles. The fourth-order valence-electron chi connectivity index (χ4n) is 2.36. The van der Waals surface area contributed by atoms with Gasteiger partial charge in [-0.05, 0) is 32.4 Å². The van der Waals surface area contributed by atoms with E-state index in [1.165, 1.54) is 10.4 Å². The number of benzene rings is 1. The standard InChI is InChI=1S/C19H28N4O2S/c1-5-24-8-9-25-17-10-14(2)6-7-16(17)11-21-19(20-4)22-12-18-15(3)23-13-26-18/h6-7,10,13H,5,8-9,11-12H2,1-4H3,(H2,20,21,22). The van der Waals surface area contributed by atoms with Crippen LogP contribution >= 0.6 is 11.3 Å². The number of aryl methyl sites for hydroxylation is 2. The molecule has 0 aliphatic rings. The smallest absolute Gasteiger partial charge is 0.191 e. The summed E-state index contributed by atoms with van der Waals surface area (Å²) in [4.78, 5) is 9.76.